The third-order valence-electron chi connectivity index (χ3n) is 2.71. The first kappa shape index (κ1) is 15.9. The lowest BCUT2D eigenvalue weighted by Gasteiger charge is -2.12. The second kappa shape index (κ2) is 7.44. The minimum absolute atomic E-state index is 0.101. The molecule has 1 atom stereocenters. The molecule has 0 aromatic heterocycles. The Morgan fingerprint density at radius 1 is 1.42 bits per heavy atom. The van der Waals surface area contributed by atoms with Crippen LogP contribution < -0.4 is 10.6 Å². The molecule has 0 radical (unpaired) electrons. The number of hydrogen-bond acceptors (Lipinski definition) is 3. The molecule has 1 aromatic rings. The summed E-state index contributed by atoms with van der Waals surface area (Å²) < 4.78 is 0.811. The number of benzene rings is 1. The maximum atomic E-state index is 11.7. The molecule has 1 amide bonds. The number of anilines is 1. The van der Waals surface area contributed by atoms with E-state index in [1.54, 1.807) is 12.1 Å². The summed E-state index contributed by atoms with van der Waals surface area (Å²) in [6.45, 7) is 4.18. The van der Waals surface area contributed by atoms with Crippen LogP contribution in [0.2, 0.25) is 0 Å². The van der Waals surface area contributed by atoms with Gasteiger partial charge >= 0.3 is 5.97 Å². The Kier molecular flexibility index (Phi) is 6.23. The Hall–Kier alpha value is -1.15. The number of halogens is 1. The van der Waals surface area contributed by atoms with Crippen LogP contribution in [0.25, 0.3) is 0 Å². The van der Waals surface area contributed by atoms with Gasteiger partial charge in [-0.05, 0) is 54.1 Å². The number of aromatic carboxylic acids is 1. The van der Waals surface area contributed by atoms with Crippen molar-refractivity contribution >= 4 is 40.2 Å². The third kappa shape index (κ3) is 5.15. The normalized spacial score (nSPS) is 11.9. The molecule has 6 heteroatoms. The molecule has 1 unspecified atom stereocenters. The van der Waals surface area contributed by atoms with E-state index in [-0.39, 0.29) is 24.1 Å². The maximum absolute atomic E-state index is 11.7. The number of amides is 1. The Balaban J connectivity index is 2.71. The Bertz CT molecular complexity index is 477. The van der Waals surface area contributed by atoms with Crippen molar-refractivity contribution in [2.75, 3.05) is 11.9 Å². The van der Waals surface area contributed by atoms with Gasteiger partial charge in [0, 0.05) is 9.61 Å². The van der Waals surface area contributed by atoms with Crippen molar-refractivity contribution in [3.05, 3.63) is 27.3 Å². The van der Waals surface area contributed by atoms with Crippen molar-refractivity contribution in [3.63, 3.8) is 0 Å². The molecule has 0 heterocycles. The quantitative estimate of drug-likeness (QED) is 0.666. The molecule has 3 N–H and O–H groups in total. The lowest BCUT2D eigenvalue weighted by Crippen LogP contribution is -2.34. The largest absolute Gasteiger partial charge is 0.478 e. The van der Waals surface area contributed by atoms with E-state index < -0.39 is 5.97 Å². The number of rotatable bonds is 6. The first-order valence-electron chi connectivity index (χ1n) is 6.00. The van der Waals surface area contributed by atoms with Crippen LogP contribution in [0.3, 0.4) is 0 Å². The summed E-state index contributed by atoms with van der Waals surface area (Å²) in [7, 11) is 0. The van der Waals surface area contributed by atoms with E-state index >= 15 is 0 Å². The number of hydrogen-bond donors (Lipinski definition) is 3. The van der Waals surface area contributed by atoms with Crippen molar-refractivity contribution in [1.82, 2.24) is 5.32 Å². The van der Waals surface area contributed by atoms with Gasteiger partial charge in [0.05, 0.1) is 17.8 Å². The average Bonchev–Trinajstić information content (AvgIpc) is 2.37. The molecule has 0 saturated carbocycles. The van der Waals surface area contributed by atoms with Crippen LogP contribution in [-0.4, -0.2) is 29.6 Å². The zero-order chi connectivity index (χ0) is 14.4. The summed E-state index contributed by atoms with van der Waals surface area (Å²) >= 11 is 2.03. The molecule has 0 saturated heterocycles. The van der Waals surface area contributed by atoms with Crippen LogP contribution in [-0.2, 0) is 4.79 Å². The lowest BCUT2D eigenvalue weighted by atomic mass is 10.2. The number of carboxylic acid groups (broad SMARTS) is 1. The van der Waals surface area contributed by atoms with Crippen molar-refractivity contribution in [1.29, 1.82) is 0 Å². The number of nitrogens with one attached hydrogen (secondary N) is 2. The fraction of sp³-hybridized carbons (Fsp3) is 0.385. The highest BCUT2D eigenvalue weighted by Gasteiger charge is 2.13. The molecule has 0 aliphatic heterocycles. The van der Waals surface area contributed by atoms with E-state index in [1.165, 1.54) is 6.07 Å². The minimum atomic E-state index is -1.05. The molecule has 0 fully saturated rings. The lowest BCUT2D eigenvalue weighted by molar-refractivity contribution is -0.115. The number of carboxylic acids is 1. The first-order valence-corrected chi connectivity index (χ1v) is 7.08. The fourth-order valence-electron chi connectivity index (χ4n) is 1.41. The predicted octanol–water partition coefficient (Wildman–Crippen LogP) is 2.32. The van der Waals surface area contributed by atoms with Gasteiger partial charge in [-0.3, -0.25) is 4.79 Å². The molecule has 0 bridgehead atoms. The van der Waals surface area contributed by atoms with Crippen LogP contribution in [0.1, 0.15) is 30.6 Å². The van der Waals surface area contributed by atoms with E-state index in [0.717, 1.165) is 9.99 Å². The highest BCUT2D eigenvalue weighted by Crippen LogP contribution is 2.18. The monoisotopic (exact) mass is 376 g/mol. The van der Waals surface area contributed by atoms with Gasteiger partial charge in [0.15, 0.2) is 0 Å². The number of carbonyl (C=O) groups excluding carboxylic acids is 1. The highest BCUT2D eigenvalue weighted by molar-refractivity contribution is 14.1. The second-order valence-corrected chi connectivity index (χ2v) is 5.48. The Morgan fingerprint density at radius 3 is 2.68 bits per heavy atom. The van der Waals surface area contributed by atoms with Gasteiger partial charge in [0.2, 0.25) is 5.91 Å². The van der Waals surface area contributed by atoms with Crippen LogP contribution in [0, 0.1) is 3.57 Å². The average molecular weight is 376 g/mol. The Labute approximate surface area is 125 Å². The third-order valence-corrected chi connectivity index (χ3v) is 3.38. The summed E-state index contributed by atoms with van der Waals surface area (Å²) in [6.07, 6.45) is 0.928. The van der Waals surface area contributed by atoms with Gasteiger partial charge in [0.1, 0.15) is 0 Å². The van der Waals surface area contributed by atoms with Crippen molar-refractivity contribution in [3.8, 4) is 0 Å². The topological polar surface area (TPSA) is 78.4 Å². The maximum Gasteiger partial charge on any atom is 0.337 e. The van der Waals surface area contributed by atoms with Gasteiger partial charge in [-0.25, -0.2) is 4.79 Å². The van der Waals surface area contributed by atoms with Gasteiger partial charge in [0.25, 0.3) is 0 Å². The summed E-state index contributed by atoms with van der Waals surface area (Å²) in [4.78, 5) is 22.8. The molecule has 0 spiro atoms. The SMILES string of the molecule is CCC(C)NCC(=O)Nc1ccc(I)cc1C(=O)O. The predicted molar refractivity (Wildman–Crippen MR) is 82.5 cm³/mol. The molecule has 104 valence electrons. The summed E-state index contributed by atoms with van der Waals surface area (Å²) in [5.41, 5.74) is 0.424. The molecule has 1 rings (SSSR count). The van der Waals surface area contributed by atoms with Gasteiger partial charge in [-0.1, -0.05) is 6.92 Å². The smallest absolute Gasteiger partial charge is 0.337 e. The molecule has 0 aliphatic carbocycles. The van der Waals surface area contributed by atoms with Gasteiger partial charge in [-0.2, -0.15) is 0 Å². The van der Waals surface area contributed by atoms with Gasteiger partial charge in [-0.15, -0.1) is 0 Å². The van der Waals surface area contributed by atoms with E-state index in [2.05, 4.69) is 10.6 Å². The molecular formula is C13H17IN2O3. The summed E-state index contributed by atoms with van der Waals surface area (Å²) in [5, 5.41) is 14.8. The van der Waals surface area contributed by atoms with Crippen LogP contribution >= 0.6 is 22.6 Å². The Morgan fingerprint density at radius 2 is 2.11 bits per heavy atom. The summed E-state index contributed by atoms with van der Waals surface area (Å²) in [6, 6.07) is 5.14. The van der Waals surface area contributed by atoms with Crippen LogP contribution in [0.15, 0.2) is 18.2 Å². The highest BCUT2D eigenvalue weighted by atomic mass is 127. The fourth-order valence-corrected chi connectivity index (χ4v) is 1.90. The van der Waals surface area contributed by atoms with E-state index in [0.29, 0.717) is 5.69 Å². The zero-order valence-electron chi connectivity index (χ0n) is 10.9. The van der Waals surface area contributed by atoms with Crippen molar-refractivity contribution < 1.29 is 14.7 Å². The molecular weight excluding hydrogens is 359 g/mol. The summed E-state index contributed by atoms with van der Waals surface area (Å²) in [5.74, 6) is -1.30. The van der Waals surface area contributed by atoms with E-state index in [1.807, 2.05) is 36.4 Å². The van der Waals surface area contributed by atoms with E-state index in [9.17, 15) is 9.59 Å². The minimum Gasteiger partial charge on any atom is -0.478 e. The van der Waals surface area contributed by atoms with Crippen LogP contribution in [0.5, 0.6) is 0 Å². The van der Waals surface area contributed by atoms with Crippen molar-refractivity contribution in [2.45, 2.75) is 26.3 Å². The molecule has 1 aromatic carbocycles. The first-order chi connectivity index (χ1) is 8.93. The molecule has 19 heavy (non-hydrogen) atoms. The number of carbonyl (C=O) groups is 2. The van der Waals surface area contributed by atoms with Crippen LogP contribution in [0.4, 0.5) is 5.69 Å². The zero-order valence-corrected chi connectivity index (χ0v) is 13.0. The van der Waals surface area contributed by atoms with Crippen molar-refractivity contribution in [2.24, 2.45) is 0 Å². The van der Waals surface area contributed by atoms with Gasteiger partial charge < -0.3 is 15.7 Å². The van der Waals surface area contributed by atoms with E-state index in [4.69, 9.17) is 5.11 Å². The second-order valence-electron chi connectivity index (χ2n) is 4.23. The molecule has 0 aliphatic rings. The molecule has 5 nitrogen and oxygen atoms in total. The standard InChI is InChI=1S/C13H17IN2O3/c1-3-8(2)15-7-12(17)16-11-5-4-9(14)6-10(11)13(18)19/h4-6,8,15H,3,7H2,1-2H3,(H,16,17)(H,18,19).